The summed E-state index contributed by atoms with van der Waals surface area (Å²) in [6.45, 7) is 22.5. The minimum Gasteiger partial charge on any atom is -0.371 e. The van der Waals surface area contributed by atoms with Crippen molar-refractivity contribution in [3.05, 3.63) is 53.5 Å². The molecule has 254 valence electrons. The normalized spacial score (nSPS) is 19.3. The maximum absolute atomic E-state index is 14.1. The summed E-state index contributed by atoms with van der Waals surface area (Å²) >= 11 is 0. The fraction of sp³-hybridized carbons (Fsp3) is 0.629. The molecule has 4 aliphatic rings. The van der Waals surface area contributed by atoms with E-state index in [4.69, 9.17) is 9.84 Å². The zero-order chi connectivity index (χ0) is 33.5. The van der Waals surface area contributed by atoms with Crippen LogP contribution in [-0.4, -0.2) is 84.5 Å². The van der Waals surface area contributed by atoms with Crippen molar-refractivity contribution in [3.63, 3.8) is 0 Å². The number of alkyl halides is 2. The molecule has 1 N–H and O–H groups in total. The first-order valence-electron chi connectivity index (χ1n) is 17.0. The van der Waals surface area contributed by atoms with E-state index < -0.39 is 6.43 Å². The van der Waals surface area contributed by atoms with E-state index in [1.807, 2.05) is 46.9 Å². The van der Waals surface area contributed by atoms with Crippen molar-refractivity contribution in [2.75, 3.05) is 68.8 Å². The highest BCUT2D eigenvalue weighted by Gasteiger charge is 2.56. The fourth-order valence-corrected chi connectivity index (χ4v) is 6.78. The summed E-state index contributed by atoms with van der Waals surface area (Å²) in [5.74, 6) is 0.668. The minimum absolute atomic E-state index is 0.0431. The van der Waals surface area contributed by atoms with Crippen molar-refractivity contribution in [1.82, 2.24) is 25.0 Å². The molecule has 5 heterocycles. The second-order valence-electron chi connectivity index (χ2n) is 12.1. The quantitative estimate of drug-likeness (QED) is 0.369. The highest BCUT2D eigenvalue weighted by Crippen LogP contribution is 2.53. The van der Waals surface area contributed by atoms with Crippen LogP contribution in [-0.2, 0) is 20.7 Å². The molecule has 1 saturated carbocycles. The van der Waals surface area contributed by atoms with Gasteiger partial charge in [-0.05, 0) is 65.0 Å². The van der Waals surface area contributed by atoms with Crippen molar-refractivity contribution in [1.29, 1.82) is 0 Å². The van der Waals surface area contributed by atoms with Gasteiger partial charge in [0.2, 0.25) is 5.91 Å². The maximum atomic E-state index is 14.1. The zero-order valence-corrected chi connectivity index (χ0v) is 28.6. The van der Waals surface area contributed by atoms with Gasteiger partial charge in [-0.3, -0.25) is 9.48 Å². The molecular formula is C35H53F2N7O2. The Labute approximate surface area is 273 Å². The molecule has 0 radical (unpaired) electrons. The van der Waals surface area contributed by atoms with Gasteiger partial charge in [0.15, 0.2) is 0 Å². The predicted octanol–water partition coefficient (Wildman–Crippen LogP) is 6.05. The number of ether oxygens (including phenoxy) is 1. The molecule has 3 fully saturated rings. The maximum Gasteiger partial charge on any atom is 0.281 e. The average Bonchev–Trinajstić information content (AvgIpc) is 3.76. The smallest absolute Gasteiger partial charge is 0.281 e. The number of pyridine rings is 1. The Bertz CT molecular complexity index is 1350. The van der Waals surface area contributed by atoms with Crippen molar-refractivity contribution >= 4 is 23.5 Å². The number of halogens is 2. The molecule has 0 atom stereocenters. The number of rotatable bonds is 7. The Kier molecular flexibility index (Phi) is 12.0. The Morgan fingerprint density at radius 3 is 2.33 bits per heavy atom. The molecule has 3 aliphatic heterocycles. The number of hydrogen-bond donors (Lipinski definition) is 1. The summed E-state index contributed by atoms with van der Waals surface area (Å²) in [5, 5.41) is 7.89. The third-order valence-electron chi connectivity index (χ3n) is 9.47. The predicted molar refractivity (Wildman–Crippen MR) is 182 cm³/mol. The Hall–Kier alpha value is -3.31. The summed E-state index contributed by atoms with van der Waals surface area (Å²) < 4.78 is 37.1. The van der Waals surface area contributed by atoms with Crippen molar-refractivity contribution < 1.29 is 18.3 Å². The third kappa shape index (κ3) is 7.15. The lowest BCUT2D eigenvalue weighted by molar-refractivity contribution is -0.126. The van der Waals surface area contributed by atoms with Crippen molar-refractivity contribution in [2.24, 2.45) is 0 Å². The van der Waals surface area contributed by atoms with E-state index in [0.717, 1.165) is 70.6 Å². The van der Waals surface area contributed by atoms with Gasteiger partial charge < -0.3 is 24.8 Å². The lowest BCUT2D eigenvalue weighted by Crippen LogP contribution is -2.51. The largest absolute Gasteiger partial charge is 0.371 e. The van der Waals surface area contributed by atoms with Crippen LogP contribution in [0.25, 0.3) is 6.08 Å². The number of fused-ring (bicyclic) bond motifs is 3. The number of piperazine rings is 1. The summed E-state index contributed by atoms with van der Waals surface area (Å²) in [7, 11) is 0. The van der Waals surface area contributed by atoms with Gasteiger partial charge in [0.1, 0.15) is 17.1 Å². The number of nitrogens with zero attached hydrogens (tertiary/aromatic N) is 6. The van der Waals surface area contributed by atoms with Crippen LogP contribution in [0.4, 0.5) is 20.3 Å². The minimum atomic E-state index is -2.63. The number of piperidine rings is 1. The van der Waals surface area contributed by atoms with Crippen LogP contribution >= 0.6 is 0 Å². The molecule has 2 saturated heterocycles. The van der Waals surface area contributed by atoms with Gasteiger partial charge in [0.25, 0.3) is 6.43 Å². The van der Waals surface area contributed by atoms with E-state index in [-0.39, 0.29) is 22.7 Å². The molecule has 1 aliphatic carbocycles. The van der Waals surface area contributed by atoms with Crippen LogP contribution in [0.1, 0.15) is 89.2 Å². The lowest BCUT2D eigenvalue weighted by Gasteiger charge is -2.47. The van der Waals surface area contributed by atoms with E-state index in [9.17, 15) is 13.6 Å². The molecule has 46 heavy (non-hydrogen) atoms. The fourth-order valence-electron chi connectivity index (χ4n) is 6.78. The number of aryl methyl sites for hydroxylation is 1. The first-order chi connectivity index (χ1) is 22.2. The summed E-state index contributed by atoms with van der Waals surface area (Å²) in [5.41, 5.74) is 3.28. The van der Waals surface area contributed by atoms with Crippen LogP contribution < -0.4 is 15.1 Å². The highest BCUT2D eigenvalue weighted by molar-refractivity contribution is 5.87. The summed E-state index contributed by atoms with van der Waals surface area (Å²) in [4.78, 5) is 21.5. The number of aromatic nitrogens is 3. The first-order valence-corrected chi connectivity index (χ1v) is 17.0. The standard InChI is InChI=1S/C26H35F2N5O.C7H12N2O.C2H6/c1-5-8-19-20(31(6-2)7-3)15-21(30-22(19)24(27)28)32-13-11-26(12-14-32)23-18(4)16-29-33(23)25(9-10-25)17-34-26;1-2-7(10)9-5-3-8-4-6-9;1-2/h5,8,15-16,24H,6-7,9-14,17H2,1-4H3;2,8H,1,3-6H2;1-2H3/b8-5-;;. The molecule has 11 heteroatoms. The molecular weight excluding hydrogens is 588 g/mol. The Balaban J connectivity index is 0.000000340. The van der Waals surface area contributed by atoms with E-state index >= 15 is 0 Å². The van der Waals surface area contributed by atoms with Crippen molar-refractivity contribution in [3.8, 4) is 0 Å². The zero-order valence-electron chi connectivity index (χ0n) is 28.6. The summed E-state index contributed by atoms with van der Waals surface area (Å²) in [6, 6.07) is 1.99. The molecule has 0 bridgehead atoms. The molecule has 0 aromatic carbocycles. The van der Waals surface area contributed by atoms with E-state index in [2.05, 4.69) is 38.3 Å². The molecule has 2 aromatic rings. The second-order valence-corrected chi connectivity index (χ2v) is 12.1. The number of hydrogen-bond acceptors (Lipinski definition) is 7. The number of allylic oxidation sites excluding steroid dienone is 1. The first kappa shape index (κ1) is 35.5. The number of anilines is 2. The SMILES string of the molecule is C/C=C\c1c(N(CC)CC)cc(N2CCC3(CC2)OCC2(CC2)n2ncc(C)c23)nc1C(F)F.C=CC(=O)N1CCNCC1.CC. The molecule has 2 spiro atoms. The van der Waals surface area contributed by atoms with Crippen LogP contribution in [0.5, 0.6) is 0 Å². The highest BCUT2D eigenvalue weighted by atomic mass is 19.3. The van der Waals surface area contributed by atoms with Gasteiger partial charge in [-0.1, -0.05) is 32.6 Å². The molecule has 1 amide bonds. The van der Waals surface area contributed by atoms with Crippen LogP contribution in [0.3, 0.4) is 0 Å². The number of amides is 1. The van der Waals surface area contributed by atoms with Gasteiger partial charge in [-0.15, -0.1) is 0 Å². The van der Waals surface area contributed by atoms with Crippen molar-refractivity contribution in [2.45, 2.75) is 84.8 Å². The summed E-state index contributed by atoms with van der Waals surface area (Å²) in [6.07, 6.45) is 8.08. The Morgan fingerprint density at radius 2 is 1.78 bits per heavy atom. The van der Waals surface area contributed by atoms with Gasteiger partial charge >= 0.3 is 0 Å². The monoisotopic (exact) mass is 641 g/mol. The molecule has 9 nitrogen and oxygen atoms in total. The number of carbonyl (C=O) groups excluding carboxylic acids is 1. The topological polar surface area (TPSA) is 78.8 Å². The molecule has 6 rings (SSSR count). The average molecular weight is 642 g/mol. The van der Waals surface area contributed by atoms with E-state index in [1.54, 1.807) is 17.1 Å². The van der Waals surface area contributed by atoms with Gasteiger partial charge in [-0.2, -0.15) is 5.10 Å². The van der Waals surface area contributed by atoms with E-state index in [0.29, 0.717) is 31.1 Å². The van der Waals surface area contributed by atoms with Gasteiger partial charge in [-0.25, -0.2) is 13.8 Å². The Morgan fingerprint density at radius 1 is 1.13 bits per heavy atom. The number of carbonyl (C=O) groups is 1. The van der Waals surface area contributed by atoms with Gasteiger partial charge in [0, 0.05) is 69.7 Å². The van der Waals surface area contributed by atoms with E-state index in [1.165, 1.54) is 17.3 Å². The van der Waals surface area contributed by atoms with Gasteiger partial charge in [0.05, 0.1) is 24.0 Å². The second kappa shape index (κ2) is 15.5. The van der Waals surface area contributed by atoms with Crippen LogP contribution in [0, 0.1) is 6.92 Å². The lowest BCUT2D eigenvalue weighted by atomic mass is 9.84. The molecule has 0 unspecified atom stereocenters. The van der Waals surface area contributed by atoms with Crippen LogP contribution in [0.2, 0.25) is 0 Å². The number of nitrogens with one attached hydrogen (secondary N) is 1. The van der Waals surface area contributed by atoms with Crippen LogP contribution in [0.15, 0.2) is 31.0 Å². The third-order valence-corrected chi connectivity index (χ3v) is 9.47. The molecule has 2 aromatic heterocycles.